The van der Waals surface area contributed by atoms with E-state index in [1.54, 1.807) is 12.3 Å². The summed E-state index contributed by atoms with van der Waals surface area (Å²) in [5.74, 6) is 1.28. The zero-order valence-corrected chi connectivity index (χ0v) is 9.73. The Hall–Kier alpha value is -1.42. The SMILES string of the molecule is Cc1ncccc1Oc1cccc(Br)n1. The Morgan fingerprint density at radius 2 is 2.07 bits per heavy atom. The van der Waals surface area contributed by atoms with Crippen molar-refractivity contribution < 1.29 is 4.74 Å². The van der Waals surface area contributed by atoms with Gasteiger partial charge in [0.25, 0.3) is 0 Å². The minimum Gasteiger partial charge on any atom is -0.437 e. The van der Waals surface area contributed by atoms with Crippen molar-refractivity contribution in [3.8, 4) is 11.6 Å². The van der Waals surface area contributed by atoms with Crippen LogP contribution in [0.5, 0.6) is 11.6 Å². The number of hydrogen-bond acceptors (Lipinski definition) is 3. The number of rotatable bonds is 2. The Labute approximate surface area is 96.3 Å². The van der Waals surface area contributed by atoms with Crippen LogP contribution >= 0.6 is 15.9 Å². The van der Waals surface area contributed by atoms with Crippen molar-refractivity contribution in [1.29, 1.82) is 0 Å². The Bertz CT molecular complexity index is 474. The zero-order valence-electron chi connectivity index (χ0n) is 8.14. The molecule has 0 aromatic carbocycles. The number of pyridine rings is 2. The lowest BCUT2D eigenvalue weighted by Gasteiger charge is -2.06. The predicted octanol–water partition coefficient (Wildman–Crippen LogP) is 3.34. The maximum absolute atomic E-state index is 5.59. The molecule has 0 amide bonds. The highest BCUT2D eigenvalue weighted by molar-refractivity contribution is 9.10. The molecule has 0 aliphatic carbocycles. The first-order valence-electron chi connectivity index (χ1n) is 4.48. The molecule has 0 spiro atoms. The van der Waals surface area contributed by atoms with E-state index in [0.29, 0.717) is 5.88 Å². The van der Waals surface area contributed by atoms with Crippen LogP contribution in [0.1, 0.15) is 5.69 Å². The molecule has 0 aliphatic rings. The summed E-state index contributed by atoms with van der Waals surface area (Å²) in [4.78, 5) is 8.31. The van der Waals surface area contributed by atoms with Gasteiger partial charge in [-0.05, 0) is 41.1 Å². The molecule has 76 valence electrons. The molecule has 0 unspecified atom stereocenters. The van der Waals surface area contributed by atoms with Crippen molar-refractivity contribution in [2.24, 2.45) is 0 Å². The molecule has 0 saturated carbocycles. The monoisotopic (exact) mass is 264 g/mol. The van der Waals surface area contributed by atoms with Crippen LogP contribution in [0.2, 0.25) is 0 Å². The maximum atomic E-state index is 5.59. The van der Waals surface area contributed by atoms with E-state index in [9.17, 15) is 0 Å². The second-order valence-electron chi connectivity index (χ2n) is 2.99. The van der Waals surface area contributed by atoms with Gasteiger partial charge >= 0.3 is 0 Å². The lowest BCUT2D eigenvalue weighted by atomic mass is 10.3. The van der Waals surface area contributed by atoms with Crippen molar-refractivity contribution >= 4 is 15.9 Å². The topological polar surface area (TPSA) is 35.0 Å². The van der Waals surface area contributed by atoms with Crippen LogP contribution in [0.25, 0.3) is 0 Å². The number of aromatic nitrogens is 2. The van der Waals surface area contributed by atoms with Gasteiger partial charge in [0.2, 0.25) is 5.88 Å². The number of nitrogens with zero attached hydrogens (tertiary/aromatic N) is 2. The maximum Gasteiger partial charge on any atom is 0.220 e. The van der Waals surface area contributed by atoms with Crippen LogP contribution < -0.4 is 4.74 Å². The minimum absolute atomic E-state index is 0.556. The molecule has 2 aromatic heterocycles. The molecule has 2 rings (SSSR count). The van der Waals surface area contributed by atoms with E-state index in [4.69, 9.17) is 4.74 Å². The molecule has 0 atom stereocenters. The van der Waals surface area contributed by atoms with Crippen LogP contribution in [-0.4, -0.2) is 9.97 Å². The molecule has 0 bridgehead atoms. The van der Waals surface area contributed by atoms with E-state index in [2.05, 4.69) is 25.9 Å². The molecule has 4 heteroatoms. The third-order valence-electron chi connectivity index (χ3n) is 1.86. The third kappa shape index (κ3) is 2.53. The van der Waals surface area contributed by atoms with Crippen molar-refractivity contribution in [3.05, 3.63) is 46.8 Å². The summed E-state index contributed by atoms with van der Waals surface area (Å²) in [6, 6.07) is 9.23. The molecule has 0 radical (unpaired) electrons. The van der Waals surface area contributed by atoms with Gasteiger partial charge in [-0.25, -0.2) is 4.98 Å². The average Bonchev–Trinajstić information content (AvgIpc) is 2.22. The summed E-state index contributed by atoms with van der Waals surface area (Å²) in [6.07, 6.45) is 1.73. The Kier molecular flexibility index (Phi) is 2.97. The van der Waals surface area contributed by atoms with E-state index < -0.39 is 0 Å². The highest BCUT2D eigenvalue weighted by Crippen LogP contribution is 2.22. The molecule has 3 nitrogen and oxygen atoms in total. The summed E-state index contributed by atoms with van der Waals surface area (Å²) >= 11 is 3.29. The number of hydrogen-bond donors (Lipinski definition) is 0. The molecular formula is C11H9BrN2O. The molecule has 15 heavy (non-hydrogen) atoms. The van der Waals surface area contributed by atoms with E-state index >= 15 is 0 Å². The third-order valence-corrected chi connectivity index (χ3v) is 2.30. The van der Waals surface area contributed by atoms with Crippen LogP contribution in [0, 0.1) is 6.92 Å². The van der Waals surface area contributed by atoms with Crippen LogP contribution in [-0.2, 0) is 0 Å². The largest absolute Gasteiger partial charge is 0.437 e. The van der Waals surface area contributed by atoms with Gasteiger partial charge in [0.05, 0.1) is 5.69 Å². The fourth-order valence-electron chi connectivity index (χ4n) is 1.14. The van der Waals surface area contributed by atoms with E-state index in [0.717, 1.165) is 16.0 Å². The summed E-state index contributed by atoms with van der Waals surface area (Å²) in [5.41, 5.74) is 0.847. The highest BCUT2D eigenvalue weighted by atomic mass is 79.9. The van der Waals surface area contributed by atoms with Crippen LogP contribution in [0.3, 0.4) is 0 Å². The smallest absolute Gasteiger partial charge is 0.220 e. The molecule has 0 aliphatic heterocycles. The predicted molar refractivity (Wildman–Crippen MR) is 61.0 cm³/mol. The van der Waals surface area contributed by atoms with Crippen LogP contribution in [0.4, 0.5) is 0 Å². The highest BCUT2D eigenvalue weighted by Gasteiger charge is 2.02. The van der Waals surface area contributed by atoms with Crippen molar-refractivity contribution in [1.82, 2.24) is 9.97 Å². The molecule has 0 fully saturated rings. The van der Waals surface area contributed by atoms with Crippen LogP contribution in [0.15, 0.2) is 41.1 Å². The number of halogens is 1. The summed E-state index contributed by atoms with van der Waals surface area (Å²) < 4.78 is 6.34. The first kappa shape index (κ1) is 10.1. The zero-order chi connectivity index (χ0) is 10.7. The first-order chi connectivity index (χ1) is 7.25. The van der Waals surface area contributed by atoms with Gasteiger partial charge in [0.1, 0.15) is 4.60 Å². The molecule has 0 saturated heterocycles. The molecular weight excluding hydrogens is 256 g/mol. The summed E-state index contributed by atoms with van der Waals surface area (Å²) in [7, 11) is 0. The fraction of sp³-hybridized carbons (Fsp3) is 0.0909. The van der Waals surface area contributed by atoms with E-state index in [1.165, 1.54) is 0 Å². The first-order valence-corrected chi connectivity index (χ1v) is 5.27. The minimum atomic E-state index is 0.556. The Morgan fingerprint density at radius 1 is 1.20 bits per heavy atom. The van der Waals surface area contributed by atoms with Gasteiger partial charge in [0.15, 0.2) is 5.75 Å². The molecule has 0 N–H and O–H groups in total. The summed E-state index contributed by atoms with van der Waals surface area (Å²) in [6.45, 7) is 1.90. The lowest BCUT2D eigenvalue weighted by Crippen LogP contribution is -1.91. The number of aryl methyl sites for hydroxylation is 1. The van der Waals surface area contributed by atoms with Crippen molar-refractivity contribution in [2.45, 2.75) is 6.92 Å². The average molecular weight is 265 g/mol. The van der Waals surface area contributed by atoms with Crippen molar-refractivity contribution in [3.63, 3.8) is 0 Å². The fourth-order valence-corrected chi connectivity index (χ4v) is 1.46. The lowest BCUT2D eigenvalue weighted by molar-refractivity contribution is 0.455. The number of ether oxygens (including phenoxy) is 1. The second kappa shape index (κ2) is 4.40. The molecule has 2 heterocycles. The van der Waals surface area contributed by atoms with Gasteiger partial charge in [-0.2, -0.15) is 0 Å². The van der Waals surface area contributed by atoms with Crippen molar-refractivity contribution in [2.75, 3.05) is 0 Å². The quantitative estimate of drug-likeness (QED) is 0.781. The van der Waals surface area contributed by atoms with Gasteiger partial charge in [0, 0.05) is 12.3 Å². The van der Waals surface area contributed by atoms with E-state index in [1.807, 2.05) is 31.2 Å². The normalized spacial score (nSPS) is 10.0. The second-order valence-corrected chi connectivity index (χ2v) is 3.80. The standard InChI is InChI=1S/C11H9BrN2O/c1-8-9(4-3-7-13-8)15-11-6-2-5-10(12)14-11/h2-7H,1H3. The van der Waals surface area contributed by atoms with Gasteiger partial charge in [-0.1, -0.05) is 6.07 Å². The van der Waals surface area contributed by atoms with E-state index in [-0.39, 0.29) is 0 Å². The van der Waals surface area contributed by atoms with Gasteiger partial charge < -0.3 is 4.74 Å². The van der Waals surface area contributed by atoms with Gasteiger partial charge in [-0.3, -0.25) is 4.98 Å². The molecule has 2 aromatic rings. The van der Waals surface area contributed by atoms with Gasteiger partial charge in [-0.15, -0.1) is 0 Å². The Morgan fingerprint density at radius 3 is 2.80 bits per heavy atom. The Balaban J connectivity index is 2.26. The summed E-state index contributed by atoms with van der Waals surface area (Å²) in [5, 5.41) is 0.